The fraction of sp³-hybridized carbons (Fsp3) is 0.450. The van der Waals surface area contributed by atoms with Crippen molar-refractivity contribution in [3.8, 4) is 0 Å². The highest BCUT2D eigenvalue weighted by Gasteiger charge is 2.19. The summed E-state index contributed by atoms with van der Waals surface area (Å²) in [5.41, 5.74) is 7.38. The summed E-state index contributed by atoms with van der Waals surface area (Å²) >= 11 is 0. The zero-order chi connectivity index (χ0) is 18.2. The van der Waals surface area contributed by atoms with E-state index in [1.165, 1.54) is 12.0 Å². The topological polar surface area (TPSA) is 75.3 Å². The van der Waals surface area contributed by atoms with Crippen LogP contribution in [0.1, 0.15) is 35.3 Å². The van der Waals surface area contributed by atoms with Crippen LogP contribution in [0.3, 0.4) is 0 Å². The van der Waals surface area contributed by atoms with Crippen molar-refractivity contribution < 1.29 is 4.79 Å². The van der Waals surface area contributed by atoms with Gasteiger partial charge in [0.1, 0.15) is 5.69 Å². The Hall–Kier alpha value is -2.47. The third-order valence-electron chi connectivity index (χ3n) is 4.70. The first kappa shape index (κ1) is 18.3. The maximum atomic E-state index is 13.0. The number of rotatable bonds is 7. The molecule has 0 saturated carbocycles. The molecule has 1 aliphatic rings. The van der Waals surface area contributed by atoms with E-state index >= 15 is 0 Å². The maximum absolute atomic E-state index is 13.0. The van der Waals surface area contributed by atoms with E-state index in [0.717, 1.165) is 32.4 Å². The van der Waals surface area contributed by atoms with Gasteiger partial charge in [0.2, 0.25) is 5.95 Å². The van der Waals surface area contributed by atoms with E-state index in [1.807, 2.05) is 18.2 Å². The third-order valence-corrected chi connectivity index (χ3v) is 4.70. The molecule has 0 aliphatic carbocycles. The van der Waals surface area contributed by atoms with Gasteiger partial charge >= 0.3 is 0 Å². The quantitative estimate of drug-likeness (QED) is 0.825. The molecule has 1 amide bonds. The minimum Gasteiger partial charge on any atom is -0.341 e. The smallest absolute Gasteiger partial charge is 0.272 e. The van der Waals surface area contributed by atoms with Crippen molar-refractivity contribution in [3.63, 3.8) is 0 Å². The molecule has 1 aromatic carbocycles. The molecule has 0 radical (unpaired) electrons. The molecule has 2 heterocycles. The highest BCUT2D eigenvalue weighted by Crippen LogP contribution is 2.16. The predicted octanol–water partition coefficient (Wildman–Crippen LogP) is 2.11. The van der Waals surface area contributed by atoms with E-state index in [-0.39, 0.29) is 5.91 Å². The first-order valence-corrected chi connectivity index (χ1v) is 9.39. The van der Waals surface area contributed by atoms with Gasteiger partial charge in [-0.25, -0.2) is 9.97 Å². The van der Waals surface area contributed by atoms with Gasteiger partial charge in [-0.1, -0.05) is 30.3 Å². The van der Waals surface area contributed by atoms with Crippen molar-refractivity contribution in [2.45, 2.75) is 25.7 Å². The second kappa shape index (κ2) is 9.29. The number of carbonyl (C=O) groups is 1. The lowest BCUT2D eigenvalue weighted by molar-refractivity contribution is 0.0756. The van der Waals surface area contributed by atoms with Crippen LogP contribution in [0.4, 0.5) is 5.95 Å². The molecule has 6 nitrogen and oxygen atoms in total. The van der Waals surface area contributed by atoms with Crippen molar-refractivity contribution >= 4 is 11.9 Å². The van der Waals surface area contributed by atoms with Crippen LogP contribution in [-0.4, -0.2) is 53.5 Å². The summed E-state index contributed by atoms with van der Waals surface area (Å²) in [4.78, 5) is 25.8. The molecule has 0 atom stereocenters. The molecule has 2 N–H and O–H groups in total. The number of hydrogen-bond acceptors (Lipinski definition) is 5. The number of anilines is 1. The minimum atomic E-state index is -0.0768. The Kier molecular flexibility index (Phi) is 6.55. The summed E-state index contributed by atoms with van der Waals surface area (Å²) in [6, 6.07) is 11.9. The molecular weight excluding hydrogens is 326 g/mol. The number of benzene rings is 1. The fourth-order valence-electron chi connectivity index (χ4n) is 3.26. The Bertz CT molecular complexity index is 700. The van der Waals surface area contributed by atoms with Crippen LogP contribution < -0.4 is 10.6 Å². The molecular formula is C20H27N5O. The molecule has 6 heteroatoms. The Labute approximate surface area is 155 Å². The lowest BCUT2D eigenvalue weighted by atomic mass is 10.1. The third kappa shape index (κ3) is 4.79. The van der Waals surface area contributed by atoms with Gasteiger partial charge in [-0.2, -0.15) is 0 Å². The zero-order valence-corrected chi connectivity index (χ0v) is 15.2. The van der Waals surface area contributed by atoms with Gasteiger partial charge in [-0.05, 0) is 37.3 Å². The van der Waals surface area contributed by atoms with Crippen molar-refractivity contribution in [1.82, 2.24) is 14.9 Å². The average Bonchev–Trinajstić information content (AvgIpc) is 2.72. The minimum absolute atomic E-state index is 0.0768. The van der Waals surface area contributed by atoms with E-state index in [2.05, 4.69) is 27.0 Å². The molecule has 1 fully saturated rings. The van der Waals surface area contributed by atoms with E-state index < -0.39 is 0 Å². The Balaban J connectivity index is 1.69. The first-order chi connectivity index (χ1) is 12.8. The fourth-order valence-corrected chi connectivity index (χ4v) is 3.26. The standard InChI is InChI=1S/C20H27N5O/c21-11-16-24(15-10-17-7-3-1-4-8-17)19(26)18-9-12-22-20(23-18)25-13-5-2-6-14-25/h1,3-4,7-9,12H,2,5-6,10-11,13-16,21H2. The summed E-state index contributed by atoms with van der Waals surface area (Å²) in [5.74, 6) is 0.582. The molecule has 26 heavy (non-hydrogen) atoms. The Morgan fingerprint density at radius 3 is 2.58 bits per heavy atom. The number of hydrogen-bond donors (Lipinski definition) is 1. The average molecular weight is 353 g/mol. The number of carbonyl (C=O) groups excluding carboxylic acids is 1. The highest BCUT2D eigenvalue weighted by molar-refractivity contribution is 5.92. The largest absolute Gasteiger partial charge is 0.341 e. The predicted molar refractivity (Wildman–Crippen MR) is 103 cm³/mol. The summed E-state index contributed by atoms with van der Waals surface area (Å²) in [6.45, 7) is 3.50. The van der Waals surface area contributed by atoms with Crippen LogP contribution in [-0.2, 0) is 6.42 Å². The summed E-state index contributed by atoms with van der Waals surface area (Å²) < 4.78 is 0. The molecule has 1 saturated heterocycles. The lowest BCUT2D eigenvalue weighted by Crippen LogP contribution is -2.38. The van der Waals surface area contributed by atoms with Gasteiger partial charge in [0.15, 0.2) is 0 Å². The SMILES string of the molecule is NCCN(CCc1ccccc1)C(=O)c1ccnc(N2CCCCC2)n1. The second-order valence-corrected chi connectivity index (χ2v) is 6.61. The van der Waals surface area contributed by atoms with Gasteiger partial charge < -0.3 is 15.5 Å². The normalized spacial score (nSPS) is 14.3. The molecule has 1 aliphatic heterocycles. The van der Waals surface area contributed by atoms with Gasteiger partial charge in [-0.15, -0.1) is 0 Å². The number of aromatic nitrogens is 2. The summed E-state index contributed by atoms with van der Waals surface area (Å²) in [6.07, 6.45) is 6.04. The molecule has 138 valence electrons. The van der Waals surface area contributed by atoms with E-state index in [9.17, 15) is 4.79 Å². The van der Waals surface area contributed by atoms with Crippen LogP contribution in [0.25, 0.3) is 0 Å². The van der Waals surface area contributed by atoms with Crippen LogP contribution in [0.15, 0.2) is 42.6 Å². The van der Waals surface area contributed by atoms with Crippen molar-refractivity contribution in [3.05, 3.63) is 53.9 Å². The number of piperidine rings is 1. The van der Waals surface area contributed by atoms with Crippen LogP contribution in [0.5, 0.6) is 0 Å². The number of nitrogens with zero attached hydrogens (tertiary/aromatic N) is 4. The lowest BCUT2D eigenvalue weighted by Gasteiger charge is -2.27. The zero-order valence-electron chi connectivity index (χ0n) is 15.2. The van der Waals surface area contributed by atoms with Gasteiger partial charge in [0.05, 0.1) is 0 Å². The van der Waals surface area contributed by atoms with Crippen molar-refractivity contribution in [2.24, 2.45) is 5.73 Å². The van der Waals surface area contributed by atoms with E-state index in [0.29, 0.717) is 31.3 Å². The van der Waals surface area contributed by atoms with Crippen LogP contribution in [0, 0.1) is 0 Å². The molecule has 3 rings (SSSR count). The maximum Gasteiger partial charge on any atom is 0.272 e. The number of amides is 1. The van der Waals surface area contributed by atoms with E-state index in [1.54, 1.807) is 17.2 Å². The Morgan fingerprint density at radius 2 is 1.85 bits per heavy atom. The molecule has 0 unspecified atom stereocenters. The molecule has 0 spiro atoms. The van der Waals surface area contributed by atoms with Crippen LogP contribution >= 0.6 is 0 Å². The second-order valence-electron chi connectivity index (χ2n) is 6.61. The van der Waals surface area contributed by atoms with Crippen LogP contribution in [0.2, 0.25) is 0 Å². The van der Waals surface area contributed by atoms with Gasteiger partial charge in [0.25, 0.3) is 5.91 Å². The summed E-state index contributed by atoms with van der Waals surface area (Å²) in [5, 5.41) is 0. The number of nitrogens with two attached hydrogens (primary N) is 1. The molecule has 2 aromatic rings. The summed E-state index contributed by atoms with van der Waals surface area (Å²) in [7, 11) is 0. The molecule has 1 aromatic heterocycles. The highest BCUT2D eigenvalue weighted by atomic mass is 16.2. The van der Waals surface area contributed by atoms with Gasteiger partial charge in [0, 0.05) is 38.9 Å². The molecule has 0 bridgehead atoms. The van der Waals surface area contributed by atoms with Crippen molar-refractivity contribution in [1.29, 1.82) is 0 Å². The monoisotopic (exact) mass is 353 g/mol. The van der Waals surface area contributed by atoms with Gasteiger partial charge in [-0.3, -0.25) is 4.79 Å². The first-order valence-electron chi connectivity index (χ1n) is 9.39. The van der Waals surface area contributed by atoms with Crippen molar-refractivity contribution in [2.75, 3.05) is 37.6 Å². The van der Waals surface area contributed by atoms with E-state index in [4.69, 9.17) is 5.73 Å². The Morgan fingerprint density at radius 1 is 1.08 bits per heavy atom.